The molecule has 0 spiro atoms. The first-order chi connectivity index (χ1) is 8.66. The summed E-state index contributed by atoms with van der Waals surface area (Å²) in [6, 6.07) is 3.52. The minimum absolute atomic E-state index is 0.102. The SMILES string of the molecule is CN1CCC(CNc2cccnc2C(=O)O)CC1. The molecule has 2 N–H and O–H groups in total. The van der Waals surface area contributed by atoms with Gasteiger partial charge in [0.1, 0.15) is 0 Å². The first-order valence-corrected chi connectivity index (χ1v) is 6.27. The summed E-state index contributed by atoms with van der Waals surface area (Å²) < 4.78 is 0. The number of nitrogens with one attached hydrogen (secondary N) is 1. The second kappa shape index (κ2) is 5.82. The molecule has 0 saturated carbocycles. The maximum absolute atomic E-state index is 11.0. The van der Waals surface area contributed by atoms with Crippen molar-refractivity contribution in [3.05, 3.63) is 24.0 Å². The summed E-state index contributed by atoms with van der Waals surface area (Å²) in [5.74, 6) is -0.371. The highest BCUT2D eigenvalue weighted by molar-refractivity contribution is 5.91. The lowest BCUT2D eigenvalue weighted by atomic mass is 9.97. The third-order valence-corrected chi connectivity index (χ3v) is 3.43. The molecule has 1 aromatic rings. The van der Waals surface area contributed by atoms with E-state index in [0.717, 1.165) is 32.5 Å². The van der Waals surface area contributed by atoms with Crippen LogP contribution >= 0.6 is 0 Å². The molecule has 2 rings (SSSR count). The molecule has 1 aliphatic rings. The van der Waals surface area contributed by atoms with Gasteiger partial charge in [0.05, 0.1) is 5.69 Å². The van der Waals surface area contributed by atoms with Gasteiger partial charge in [0.25, 0.3) is 0 Å². The van der Waals surface area contributed by atoms with Gasteiger partial charge in [-0.2, -0.15) is 0 Å². The number of pyridine rings is 1. The van der Waals surface area contributed by atoms with Crippen LogP contribution in [0.15, 0.2) is 18.3 Å². The lowest BCUT2D eigenvalue weighted by molar-refractivity contribution is 0.0691. The van der Waals surface area contributed by atoms with Gasteiger partial charge in [-0.3, -0.25) is 0 Å². The highest BCUT2D eigenvalue weighted by Crippen LogP contribution is 2.18. The van der Waals surface area contributed by atoms with Crippen LogP contribution in [-0.2, 0) is 0 Å². The molecule has 0 aromatic carbocycles. The fourth-order valence-corrected chi connectivity index (χ4v) is 2.24. The van der Waals surface area contributed by atoms with Crippen LogP contribution in [0, 0.1) is 5.92 Å². The van der Waals surface area contributed by atoms with E-state index in [0.29, 0.717) is 11.6 Å². The van der Waals surface area contributed by atoms with Gasteiger partial charge in [0.2, 0.25) is 0 Å². The molecule has 2 heterocycles. The van der Waals surface area contributed by atoms with Gasteiger partial charge < -0.3 is 15.3 Å². The molecular formula is C13H19N3O2. The Labute approximate surface area is 107 Å². The van der Waals surface area contributed by atoms with Crippen LogP contribution in [0.5, 0.6) is 0 Å². The first-order valence-electron chi connectivity index (χ1n) is 6.27. The monoisotopic (exact) mass is 249 g/mol. The number of hydrogen-bond acceptors (Lipinski definition) is 4. The smallest absolute Gasteiger partial charge is 0.356 e. The Morgan fingerprint density at radius 3 is 2.94 bits per heavy atom. The molecule has 18 heavy (non-hydrogen) atoms. The number of anilines is 1. The van der Waals surface area contributed by atoms with Crippen molar-refractivity contribution in [3.63, 3.8) is 0 Å². The standard InChI is InChI=1S/C13H19N3O2/c1-16-7-4-10(5-8-16)9-15-11-3-2-6-14-12(11)13(17)18/h2-3,6,10,15H,4-5,7-9H2,1H3,(H,17,18). The summed E-state index contributed by atoms with van der Waals surface area (Å²) in [6.45, 7) is 3.05. The number of carboxylic acid groups (broad SMARTS) is 1. The molecule has 0 aliphatic carbocycles. The molecule has 1 aromatic heterocycles. The molecule has 1 fully saturated rings. The molecule has 5 heteroatoms. The summed E-state index contributed by atoms with van der Waals surface area (Å²) in [5, 5.41) is 12.2. The second-order valence-electron chi connectivity index (χ2n) is 4.83. The number of carbonyl (C=O) groups is 1. The Morgan fingerprint density at radius 2 is 2.28 bits per heavy atom. The van der Waals surface area contributed by atoms with Crippen LogP contribution in [0.25, 0.3) is 0 Å². The van der Waals surface area contributed by atoms with Gasteiger partial charge in [0.15, 0.2) is 5.69 Å². The zero-order valence-corrected chi connectivity index (χ0v) is 10.6. The van der Waals surface area contributed by atoms with Crippen LogP contribution in [0.1, 0.15) is 23.3 Å². The Hall–Kier alpha value is -1.62. The summed E-state index contributed by atoms with van der Waals surface area (Å²) in [5.41, 5.74) is 0.717. The number of rotatable bonds is 4. The normalized spacial score (nSPS) is 17.6. The number of aromatic nitrogens is 1. The van der Waals surface area contributed by atoms with E-state index in [1.807, 2.05) is 0 Å². The average molecular weight is 249 g/mol. The molecule has 5 nitrogen and oxygen atoms in total. The molecule has 0 radical (unpaired) electrons. The van der Waals surface area contributed by atoms with Crippen molar-refractivity contribution in [2.24, 2.45) is 5.92 Å². The van der Waals surface area contributed by atoms with E-state index in [1.54, 1.807) is 12.1 Å². The minimum atomic E-state index is -0.985. The topological polar surface area (TPSA) is 65.5 Å². The third kappa shape index (κ3) is 3.20. The number of piperidine rings is 1. The van der Waals surface area contributed by atoms with E-state index in [-0.39, 0.29) is 5.69 Å². The summed E-state index contributed by atoms with van der Waals surface area (Å²) in [6.07, 6.45) is 3.82. The highest BCUT2D eigenvalue weighted by atomic mass is 16.4. The van der Waals surface area contributed by atoms with E-state index < -0.39 is 5.97 Å². The summed E-state index contributed by atoms with van der Waals surface area (Å²) >= 11 is 0. The summed E-state index contributed by atoms with van der Waals surface area (Å²) in [7, 11) is 2.13. The zero-order valence-electron chi connectivity index (χ0n) is 10.6. The Morgan fingerprint density at radius 1 is 1.56 bits per heavy atom. The van der Waals surface area contributed by atoms with Crippen molar-refractivity contribution in [1.29, 1.82) is 0 Å². The Bertz CT molecular complexity index is 414. The van der Waals surface area contributed by atoms with Crippen molar-refractivity contribution in [2.45, 2.75) is 12.8 Å². The van der Waals surface area contributed by atoms with Crippen LogP contribution in [-0.4, -0.2) is 47.6 Å². The van der Waals surface area contributed by atoms with E-state index >= 15 is 0 Å². The van der Waals surface area contributed by atoms with Gasteiger partial charge in [-0.1, -0.05) is 0 Å². The maximum Gasteiger partial charge on any atom is 0.356 e. The van der Waals surface area contributed by atoms with Crippen LogP contribution < -0.4 is 5.32 Å². The number of hydrogen-bond donors (Lipinski definition) is 2. The highest BCUT2D eigenvalue weighted by Gasteiger charge is 2.17. The largest absolute Gasteiger partial charge is 0.476 e. The number of aromatic carboxylic acids is 1. The lowest BCUT2D eigenvalue weighted by Crippen LogP contribution is -2.33. The third-order valence-electron chi connectivity index (χ3n) is 3.43. The van der Waals surface area contributed by atoms with Gasteiger partial charge in [-0.05, 0) is 51.0 Å². The quantitative estimate of drug-likeness (QED) is 0.847. The van der Waals surface area contributed by atoms with Crippen molar-refractivity contribution in [1.82, 2.24) is 9.88 Å². The van der Waals surface area contributed by atoms with E-state index in [2.05, 4.69) is 22.2 Å². The minimum Gasteiger partial charge on any atom is -0.476 e. The van der Waals surface area contributed by atoms with E-state index in [4.69, 9.17) is 5.11 Å². The maximum atomic E-state index is 11.0. The lowest BCUT2D eigenvalue weighted by Gasteiger charge is -2.29. The predicted molar refractivity (Wildman–Crippen MR) is 69.9 cm³/mol. The van der Waals surface area contributed by atoms with Gasteiger partial charge in [0, 0.05) is 12.7 Å². The van der Waals surface area contributed by atoms with Gasteiger partial charge in [-0.15, -0.1) is 0 Å². The van der Waals surface area contributed by atoms with Crippen LogP contribution in [0.4, 0.5) is 5.69 Å². The fourth-order valence-electron chi connectivity index (χ4n) is 2.24. The molecule has 0 amide bonds. The average Bonchev–Trinajstić information content (AvgIpc) is 2.38. The number of carboxylic acids is 1. The van der Waals surface area contributed by atoms with Crippen molar-refractivity contribution in [3.8, 4) is 0 Å². The second-order valence-corrected chi connectivity index (χ2v) is 4.83. The zero-order chi connectivity index (χ0) is 13.0. The molecule has 0 atom stereocenters. The van der Waals surface area contributed by atoms with Crippen molar-refractivity contribution >= 4 is 11.7 Å². The number of nitrogens with zero attached hydrogens (tertiary/aromatic N) is 2. The molecular weight excluding hydrogens is 230 g/mol. The van der Waals surface area contributed by atoms with Crippen molar-refractivity contribution in [2.75, 3.05) is 32.0 Å². The Kier molecular flexibility index (Phi) is 4.15. The molecule has 0 unspecified atom stereocenters. The molecule has 1 aliphatic heterocycles. The number of likely N-dealkylation sites (tertiary alicyclic amines) is 1. The van der Waals surface area contributed by atoms with E-state index in [9.17, 15) is 4.79 Å². The van der Waals surface area contributed by atoms with Gasteiger partial charge >= 0.3 is 5.97 Å². The van der Waals surface area contributed by atoms with E-state index in [1.165, 1.54) is 6.20 Å². The predicted octanol–water partition coefficient (Wildman–Crippen LogP) is 1.53. The van der Waals surface area contributed by atoms with Crippen molar-refractivity contribution < 1.29 is 9.90 Å². The fraction of sp³-hybridized carbons (Fsp3) is 0.538. The molecule has 0 bridgehead atoms. The van der Waals surface area contributed by atoms with Crippen LogP contribution in [0.2, 0.25) is 0 Å². The Balaban J connectivity index is 1.92. The molecule has 98 valence electrons. The van der Waals surface area contributed by atoms with Gasteiger partial charge in [-0.25, -0.2) is 9.78 Å². The van der Waals surface area contributed by atoms with Crippen LogP contribution in [0.3, 0.4) is 0 Å². The molecule has 1 saturated heterocycles. The summed E-state index contributed by atoms with van der Waals surface area (Å²) in [4.78, 5) is 17.2. The first kappa shape index (κ1) is 12.8.